The van der Waals surface area contributed by atoms with Gasteiger partial charge in [-0.2, -0.15) is 0 Å². The molecule has 2 aliphatic rings. The first-order chi connectivity index (χ1) is 12.0. The summed E-state index contributed by atoms with van der Waals surface area (Å²) in [5.74, 6) is -0.993. The Balaban J connectivity index is 1.64. The molecule has 2 heterocycles. The highest BCUT2D eigenvalue weighted by Gasteiger charge is 2.38. The number of rotatable bonds is 5. The predicted octanol–water partition coefficient (Wildman–Crippen LogP) is 3.16. The van der Waals surface area contributed by atoms with Crippen molar-refractivity contribution in [2.24, 2.45) is 5.92 Å². The molecule has 1 aromatic rings. The van der Waals surface area contributed by atoms with Crippen molar-refractivity contribution in [2.45, 2.75) is 38.1 Å². The van der Waals surface area contributed by atoms with Gasteiger partial charge in [0.05, 0.1) is 11.1 Å². The van der Waals surface area contributed by atoms with Gasteiger partial charge in [0.15, 0.2) is 0 Å². The lowest BCUT2D eigenvalue weighted by molar-refractivity contribution is -0.137. The average molecular weight is 369 g/mol. The summed E-state index contributed by atoms with van der Waals surface area (Å²) in [6.45, 7) is 2.16. The van der Waals surface area contributed by atoms with Crippen LogP contribution in [0.1, 0.15) is 32.1 Å². The van der Waals surface area contributed by atoms with Crippen molar-refractivity contribution in [3.63, 3.8) is 0 Å². The Morgan fingerprint density at radius 2 is 2.12 bits per heavy atom. The van der Waals surface area contributed by atoms with Crippen LogP contribution in [0.4, 0.5) is 10.1 Å². The van der Waals surface area contributed by atoms with Gasteiger partial charge in [-0.1, -0.05) is 11.6 Å². The summed E-state index contributed by atoms with van der Waals surface area (Å²) in [4.78, 5) is 27.4. The Bertz CT molecular complexity index is 670. The first kappa shape index (κ1) is 18.1. The SMILES string of the molecule is O=C(O)CCC1CCCN(C2CCN(c3ccc(Cl)c(F)c3)C2=O)C1. The van der Waals surface area contributed by atoms with Crippen molar-refractivity contribution < 1.29 is 19.1 Å². The third kappa shape index (κ3) is 4.12. The molecule has 1 N–H and O–H groups in total. The smallest absolute Gasteiger partial charge is 0.303 e. The monoisotopic (exact) mass is 368 g/mol. The van der Waals surface area contributed by atoms with Crippen molar-refractivity contribution in [3.8, 4) is 0 Å². The highest BCUT2D eigenvalue weighted by molar-refractivity contribution is 6.30. The second-order valence-corrected chi connectivity index (χ2v) is 7.24. The summed E-state index contributed by atoms with van der Waals surface area (Å²) >= 11 is 5.71. The van der Waals surface area contributed by atoms with E-state index in [2.05, 4.69) is 4.90 Å². The van der Waals surface area contributed by atoms with Crippen LogP contribution in [0.15, 0.2) is 18.2 Å². The first-order valence-corrected chi connectivity index (χ1v) is 9.06. The minimum absolute atomic E-state index is 0.0133. The highest BCUT2D eigenvalue weighted by atomic mass is 35.5. The van der Waals surface area contributed by atoms with E-state index in [1.54, 1.807) is 11.0 Å². The van der Waals surface area contributed by atoms with Gasteiger partial charge in [-0.25, -0.2) is 4.39 Å². The lowest BCUT2D eigenvalue weighted by Crippen LogP contribution is -2.46. The maximum atomic E-state index is 13.7. The number of anilines is 1. The third-order valence-corrected chi connectivity index (χ3v) is 5.46. The number of hydrogen-bond acceptors (Lipinski definition) is 3. The normalized spacial score (nSPS) is 24.7. The second-order valence-electron chi connectivity index (χ2n) is 6.83. The summed E-state index contributed by atoms with van der Waals surface area (Å²) in [7, 11) is 0. The Kier molecular flexibility index (Phi) is 5.59. The van der Waals surface area contributed by atoms with Crippen LogP contribution < -0.4 is 4.90 Å². The van der Waals surface area contributed by atoms with Crippen LogP contribution in [0.5, 0.6) is 0 Å². The van der Waals surface area contributed by atoms with E-state index in [1.165, 1.54) is 12.1 Å². The Labute approximate surface area is 151 Å². The fourth-order valence-corrected chi connectivity index (χ4v) is 3.97. The molecule has 2 saturated heterocycles. The van der Waals surface area contributed by atoms with Gasteiger partial charge in [0.2, 0.25) is 5.91 Å². The van der Waals surface area contributed by atoms with E-state index in [9.17, 15) is 14.0 Å². The topological polar surface area (TPSA) is 60.9 Å². The van der Waals surface area contributed by atoms with Crippen LogP contribution in [-0.4, -0.2) is 47.6 Å². The largest absolute Gasteiger partial charge is 0.481 e. The lowest BCUT2D eigenvalue weighted by atomic mass is 9.92. The number of nitrogens with zero attached hydrogens (tertiary/aromatic N) is 2. The number of piperidine rings is 1. The third-order valence-electron chi connectivity index (χ3n) is 5.15. The van der Waals surface area contributed by atoms with Crippen LogP contribution in [-0.2, 0) is 9.59 Å². The molecule has 1 amide bonds. The average Bonchev–Trinajstić information content (AvgIpc) is 2.97. The van der Waals surface area contributed by atoms with Crippen molar-refractivity contribution in [1.82, 2.24) is 4.90 Å². The van der Waals surface area contributed by atoms with E-state index in [-0.39, 0.29) is 23.4 Å². The van der Waals surface area contributed by atoms with Crippen LogP contribution in [0.25, 0.3) is 0 Å². The van der Waals surface area contributed by atoms with Crippen molar-refractivity contribution in [2.75, 3.05) is 24.5 Å². The fourth-order valence-electron chi connectivity index (χ4n) is 3.86. The first-order valence-electron chi connectivity index (χ1n) is 8.68. The van der Waals surface area contributed by atoms with Gasteiger partial charge in [-0.15, -0.1) is 0 Å². The molecule has 0 saturated carbocycles. The number of hydrogen-bond donors (Lipinski definition) is 1. The Morgan fingerprint density at radius 1 is 1.32 bits per heavy atom. The summed E-state index contributed by atoms with van der Waals surface area (Å²) < 4.78 is 13.7. The molecule has 3 rings (SSSR count). The minimum atomic E-state index is -0.773. The van der Waals surface area contributed by atoms with Gasteiger partial charge in [0.25, 0.3) is 0 Å². The number of halogens is 2. The van der Waals surface area contributed by atoms with Gasteiger partial charge < -0.3 is 10.0 Å². The molecule has 2 aliphatic heterocycles. The summed E-state index contributed by atoms with van der Waals surface area (Å²) in [5, 5.41) is 8.90. The number of amides is 1. The summed E-state index contributed by atoms with van der Waals surface area (Å²) in [6.07, 6.45) is 3.52. The van der Waals surface area contributed by atoms with Crippen LogP contribution >= 0.6 is 11.6 Å². The van der Waals surface area contributed by atoms with Gasteiger partial charge in [-0.3, -0.25) is 14.5 Å². The van der Waals surface area contributed by atoms with Crippen molar-refractivity contribution in [1.29, 1.82) is 0 Å². The minimum Gasteiger partial charge on any atom is -0.481 e. The molecular weight excluding hydrogens is 347 g/mol. The van der Waals surface area contributed by atoms with Crippen LogP contribution in [0.3, 0.4) is 0 Å². The highest BCUT2D eigenvalue weighted by Crippen LogP contribution is 2.30. The molecule has 0 bridgehead atoms. The molecule has 7 heteroatoms. The van der Waals surface area contributed by atoms with E-state index in [0.717, 1.165) is 25.9 Å². The van der Waals surface area contributed by atoms with E-state index in [4.69, 9.17) is 16.7 Å². The van der Waals surface area contributed by atoms with Gasteiger partial charge in [0.1, 0.15) is 5.82 Å². The molecule has 2 unspecified atom stereocenters. The number of likely N-dealkylation sites (tertiary alicyclic amines) is 1. The number of benzene rings is 1. The molecule has 2 fully saturated rings. The number of carboxylic acid groups (broad SMARTS) is 1. The molecule has 5 nitrogen and oxygen atoms in total. The maximum Gasteiger partial charge on any atom is 0.303 e. The molecule has 136 valence electrons. The van der Waals surface area contributed by atoms with Gasteiger partial charge in [0, 0.05) is 25.2 Å². The van der Waals surface area contributed by atoms with E-state index in [0.29, 0.717) is 31.0 Å². The molecule has 0 spiro atoms. The number of carbonyl (C=O) groups is 2. The molecular formula is C18H22ClFN2O3. The maximum absolute atomic E-state index is 13.7. The zero-order valence-electron chi connectivity index (χ0n) is 14.0. The summed E-state index contributed by atoms with van der Waals surface area (Å²) in [5.41, 5.74) is 0.536. The van der Waals surface area contributed by atoms with Crippen LogP contribution in [0, 0.1) is 11.7 Å². The molecule has 2 atom stereocenters. The molecule has 0 radical (unpaired) electrons. The Hall–Kier alpha value is -1.66. The van der Waals surface area contributed by atoms with E-state index in [1.807, 2.05) is 0 Å². The van der Waals surface area contributed by atoms with Crippen molar-refractivity contribution >= 4 is 29.2 Å². The molecule has 0 aliphatic carbocycles. The standard InChI is InChI=1S/C18H22ClFN2O3/c19-14-5-4-13(10-15(14)20)22-9-7-16(18(22)25)21-8-1-2-12(11-21)3-6-17(23)24/h4-5,10,12,16H,1-3,6-9,11H2,(H,23,24). The zero-order valence-corrected chi connectivity index (χ0v) is 14.7. The predicted molar refractivity (Wildman–Crippen MR) is 93.3 cm³/mol. The number of carboxylic acids is 1. The molecule has 25 heavy (non-hydrogen) atoms. The van der Waals surface area contributed by atoms with Gasteiger partial charge in [-0.05, 0) is 56.3 Å². The van der Waals surface area contributed by atoms with Gasteiger partial charge >= 0.3 is 5.97 Å². The molecule has 0 aromatic heterocycles. The lowest BCUT2D eigenvalue weighted by Gasteiger charge is -2.35. The molecule has 1 aromatic carbocycles. The fraction of sp³-hybridized carbons (Fsp3) is 0.556. The zero-order chi connectivity index (χ0) is 18.0. The van der Waals surface area contributed by atoms with Crippen molar-refractivity contribution in [3.05, 3.63) is 29.0 Å². The quantitative estimate of drug-likeness (QED) is 0.867. The summed E-state index contributed by atoms with van der Waals surface area (Å²) in [6, 6.07) is 4.23. The van der Waals surface area contributed by atoms with E-state index < -0.39 is 11.8 Å². The number of carbonyl (C=O) groups excluding carboxylic acids is 1. The Morgan fingerprint density at radius 3 is 2.84 bits per heavy atom. The van der Waals surface area contributed by atoms with Crippen LogP contribution in [0.2, 0.25) is 5.02 Å². The second kappa shape index (κ2) is 7.70. The van der Waals surface area contributed by atoms with E-state index >= 15 is 0 Å². The number of aliphatic carboxylic acids is 1.